The maximum absolute atomic E-state index is 15.0. The first-order valence-electron chi connectivity index (χ1n) is 9.70. The molecule has 0 saturated carbocycles. The zero-order valence-electron chi connectivity index (χ0n) is 17.1. The fourth-order valence-electron chi connectivity index (χ4n) is 3.66. The summed E-state index contributed by atoms with van der Waals surface area (Å²) >= 11 is 3.45. The molecule has 1 unspecified atom stereocenters. The summed E-state index contributed by atoms with van der Waals surface area (Å²) in [5.41, 5.74) is 1.88. The van der Waals surface area contributed by atoms with Crippen LogP contribution in [0.5, 0.6) is 17.2 Å². The lowest BCUT2D eigenvalue weighted by Crippen LogP contribution is -2.33. The average Bonchev–Trinajstić information content (AvgIpc) is 3.10. The summed E-state index contributed by atoms with van der Waals surface area (Å²) in [6, 6.07) is 16.7. The number of carbonyl (C=O) groups excluding carboxylic acids is 1. The lowest BCUT2D eigenvalue weighted by molar-refractivity contribution is 0.0630. The first kappa shape index (κ1) is 21.2. The van der Waals surface area contributed by atoms with Crippen LogP contribution >= 0.6 is 15.9 Å². The summed E-state index contributed by atoms with van der Waals surface area (Å²) in [6.45, 7) is 0.464. The molecule has 0 aliphatic carbocycles. The number of benzene rings is 3. The highest BCUT2D eigenvalue weighted by atomic mass is 79.9. The zero-order chi connectivity index (χ0) is 22.0. The monoisotopic (exact) mass is 485 g/mol. The molecule has 5 nitrogen and oxygen atoms in total. The van der Waals surface area contributed by atoms with Gasteiger partial charge in [-0.2, -0.15) is 0 Å². The summed E-state index contributed by atoms with van der Waals surface area (Å²) in [4.78, 5) is 14.8. The van der Waals surface area contributed by atoms with E-state index in [1.54, 1.807) is 54.5 Å². The zero-order valence-corrected chi connectivity index (χ0v) is 18.7. The maximum Gasteiger partial charge on any atom is 0.255 e. The Bertz CT molecular complexity index is 1100. The third kappa shape index (κ3) is 4.37. The fourth-order valence-corrected chi connectivity index (χ4v) is 4.07. The van der Waals surface area contributed by atoms with Gasteiger partial charge in [0.2, 0.25) is 0 Å². The second-order valence-electron chi connectivity index (χ2n) is 7.12. The molecule has 1 atom stereocenters. The Balaban J connectivity index is 1.65. The molecule has 0 fully saturated rings. The Morgan fingerprint density at radius 2 is 1.65 bits per heavy atom. The number of carbonyl (C=O) groups is 1. The lowest BCUT2D eigenvalue weighted by atomic mass is 10.0. The van der Waals surface area contributed by atoms with E-state index < -0.39 is 11.9 Å². The van der Waals surface area contributed by atoms with Gasteiger partial charge < -0.3 is 19.1 Å². The van der Waals surface area contributed by atoms with Crippen molar-refractivity contribution in [2.24, 2.45) is 0 Å². The van der Waals surface area contributed by atoms with Crippen LogP contribution in [0.1, 0.15) is 27.5 Å². The Hall–Kier alpha value is -3.06. The molecule has 0 radical (unpaired) electrons. The molecule has 160 valence electrons. The predicted octanol–water partition coefficient (Wildman–Crippen LogP) is 5.38. The lowest BCUT2D eigenvalue weighted by Gasteiger charge is -2.28. The molecule has 4 rings (SSSR count). The van der Waals surface area contributed by atoms with Crippen LogP contribution in [-0.2, 0) is 6.54 Å². The van der Waals surface area contributed by atoms with Gasteiger partial charge in [0.1, 0.15) is 29.7 Å². The molecule has 0 spiro atoms. The molecule has 3 aromatic rings. The van der Waals surface area contributed by atoms with E-state index >= 15 is 0 Å². The van der Waals surface area contributed by atoms with E-state index in [0.717, 1.165) is 10.0 Å². The molecule has 31 heavy (non-hydrogen) atoms. The minimum absolute atomic E-state index is 0.0937. The van der Waals surface area contributed by atoms with Gasteiger partial charge in [-0.3, -0.25) is 4.79 Å². The first-order chi connectivity index (χ1) is 15.0. The van der Waals surface area contributed by atoms with Gasteiger partial charge >= 0.3 is 0 Å². The van der Waals surface area contributed by atoms with Gasteiger partial charge in [0.15, 0.2) is 0 Å². The molecule has 7 heteroatoms. The Morgan fingerprint density at radius 3 is 2.32 bits per heavy atom. The third-order valence-electron chi connectivity index (χ3n) is 5.31. The van der Waals surface area contributed by atoms with E-state index in [4.69, 9.17) is 14.2 Å². The van der Waals surface area contributed by atoms with Gasteiger partial charge in [0, 0.05) is 28.2 Å². The number of halogens is 2. The van der Waals surface area contributed by atoms with Crippen LogP contribution < -0.4 is 14.2 Å². The van der Waals surface area contributed by atoms with Crippen molar-refractivity contribution < 1.29 is 23.4 Å². The third-order valence-corrected chi connectivity index (χ3v) is 5.80. The Morgan fingerprint density at radius 1 is 0.968 bits per heavy atom. The smallest absolute Gasteiger partial charge is 0.255 e. The van der Waals surface area contributed by atoms with E-state index in [9.17, 15) is 9.18 Å². The maximum atomic E-state index is 15.0. The van der Waals surface area contributed by atoms with Crippen LogP contribution in [-0.4, -0.2) is 31.6 Å². The minimum atomic E-state index is -0.619. The van der Waals surface area contributed by atoms with Gasteiger partial charge in [0.05, 0.1) is 20.3 Å². The molecule has 0 bridgehead atoms. The highest BCUT2D eigenvalue weighted by molar-refractivity contribution is 9.10. The molecule has 1 aliphatic rings. The van der Waals surface area contributed by atoms with Crippen LogP contribution in [0.25, 0.3) is 0 Å². The molecule has 1 amide bonds. The fraction of sp³-hybridized carbons (Fsp3) is 0.208. The van der Waals surface area contributed by atoms with Crippen LogP contribution in [0.15, 0.2) is 65.1 Å². The van der Waals surface area contributed by atoms with E-state index in [0.29, 0.717) is 34.9 Å². The van der Waals surface area contributed by atoms with E-state index in [2.05, 4.69) is 15.9 Å². The Labute approximate surface area is 188 Å². The molecule has 0 saturated heterocycles. The second-order valence-corrected chi connectivity index (χ2v) is 8.04. The average molecular weight is 486 g/mol. The van der Waals surface area contributed by atoms with Crippen molar-refractivity contribution >= 4 is 21.8 Å². The summed E-state index contributed by atoms with van der Waals surface area (Å²) in [6.07, 6.45) is 0. The van der Waals surface area contributed by atoms with Gasteiger partial charge in [-0.1, -0.05) is 22.0 Å². The Kier molecular flexibility index (Phi) is 6.13. The van der Waals surface area contributed by atoms with Crippen molar-refractivity contribution in [3.63, 3.8) is 0 Å². The molecule has 0 aromatic heterocycles. The summed E-state index contributed by atoms with van der Waals surface area (Å²) < 4.78 is 32.1. The number of amides is 1. The van der Waals surface area contributed by atoms with Crippen LogP contribution in [0, 0.1) is 5.82 Å². The van der Waals surface area contributed by atoms with Gasteiger partial charge in [0.25, 0.3) is 5.91 Å². The summed E-state index contributed by atoms with van der Waals surface area (Å²) in [5, 5.41) is 0. The number of hydrogen-bond donors (Lipinski definition) is 0. The molecular weight excluding hydrogens is 465 g/mol. The van der Waals surface area contributed by atoms with Crippen molar-refractivity contribution in [3.05, 3.63) is 87.6 Å². The summed E-state index contributed by atoms with van der Waals surface area (Å²) in [7, 11) is 3.07. The topological polar surface area (TPSA) is 48.0 Å². The first-order valence-corrected chi connectivity index (χ1v) is 10.5. The van der Waals surface area contributed by atoms with Gasteiger partial charge in [-0.25, -0.2) is 4.39 Å². The van der Waals surface area contributed by atoms with E-state index in [-0.39, 0.29) is 12.5 Å². The molecule has 3 aromatic carbocycles. The van der Waals surface area contributed by atoms with Crippen LogP contribution in [0.3, 0.4) is 0 Å². The SMILES string of the molecule is COc1ccc(OCC(c2ccc(OC)cc2F)N2Cc3cc(Br)ccc3C2=O)cc1. The van der Waals surface area contributed by atoms with Crippen molar-refractivity contribution in [3.8, 4) is 17.2 Å². The second kappa shape index (κ2) is 8.98. The quantitative estimate of drug-likeness (QED) is 0.450. The van der Waals surface area contributed by atoms with Crippen molar-refractivity contribution in [1.82, 2.24) is 4.90 Å². The summed E-state index contributed by atoms with van der Waals surface area (Å²) in [5.74, 6) is 1.12. The van der Waals surface area contributed by atoms with Crippen LogP contribution in [0.2, 0.25) is 0 Å². The predicted molar refractivity (Wildman–Crippen MR) is 118 cm³/mol. The van der Waals surface area contributed by atoms with Crippen molar-refractivity contribution in [2.75, 3.05) is 20.8 Å². The number of ether oxygens (including phenoxy) is 3. The molecule has 1 aliphatic heterocycles. The van der Waals surface area contributed by atoms with Gasteiger partial charge in [-0.05, 0) is 54.1 Å². The largest absolute Gasteiger partial charge is 0.497 e. The van der Waals surface area contributed by atoms with Crippen molar-refractivity contribution in [1.29, 1.82) is 0 Å². The number of fused-ring (bicyclic) bond motifs is 1. The number of methoxy groups -OCH3 is 2. The van der Waals surface area contributed by atoms with E-state index in [1.807, 2.05) is 12.1 Å². The van der Waals surface area contributed by atoms with Gasteiger partial charge in [-0.15, -0.1) is 0 Å². The number of hydrogen-bond acceptors (Lipinski definition) is 4. The molecule has 0 N–H and O–H groups in total. The normalized spacial score (nSPS) is 13.7. The molecule has 1 heterocycles. The van der Waals surface area contributed by atoms with E-state index in [1.165, 1.54) is 13.2 Å². The standard InChI is InChI=1S/C24H21BrFNO4/c1-29-17-4-6-18(7-5-17)31-14-23(21-10-8-19(30-2)12-22(21)26)27-13-15-11-16(25)3-9-20(15)24(27)28/h3-12,23H,13-14H2,1-2H3. The highest BCUT2D eigenvalue weighted by Gasteiger charge is 2.35. The highest BCUT2D eigenvalue weighted by Crippen LogP contribution is 2.35. The minimum Gasteiger partial charge on any atom is -0.497 e. The van der Waals surface area contributed by atoms with Crippen molar-refractivity contribution in [2.45, 2.75) is 12.6 Å². The van der Waals surface area contributed by atoms with Crippen LogP contribution in [0.4, 0.5) is 4.39 Å². The number of nitrogens with zero attached hydrogens (tertiary/aromatic N) is 1. The molecular formula is C24H21BrFNO4. The number of rotatable bonds is 7.